The van der Waals surface area contributed by atoms with Gasteiger partial charge in [-0.15, -0.1) is 0 Å². The molecule has 5 nitrogen and oxygen atoms in total. The van der Waals surface area contributed by atoms with Gasteiger partial charge in [0.05, 0.1) is 20.1 Å². The van der Waals surface area contributed by atoms with Gasteiger partial charge in [0.2, 0.25) is 5.91 Å². The summed E-state index contributed by atoms with van der Waals surface area (Å²) >= 11 is 0. The second-order valence-electron chi connectivity index (χ2n) is 4.13. The highest BCUT2D eigenvalue weighted by Gasteiger charge is 2.03. The zero-order valence-electron chi connectivity index (χ0n) is 11.4. The predicted molar refractivity (Wildman–Crippen MR) is 74.2 cm³/mol. The van der Waals surface area contributed by atoms with Crippen LogP contribution in [-0.4, -0.2) is 39.3 Å². The first-order valence-corrected chi connectivity index (χ1v) is 6.43. The van der Waals surface area contributed by atoms with Crippen molar-refractivity contribution < 1.29 is 14.3 Å². The van der Waals surface area contributed by atoms with Gasteiger partial charge in [-0.3, -0.25) is 4.79 Å². The van der Waals surface area contributed by atoms with E-state index in [1.54, 1.807) is 7.11 Å². The average molecular weight is 266 g/mol. The Hall–Kier alpha value is -1.59. The number of rotatable bonds is 9. The van der Waals surface area contributed by atoms with Crippen LogP contribution >= 0.6 is 0 Å². The first kappa shape index (κ1) is 15.5. The van der Waals surface area contributed by atoms with Crippen molar-refractivity contribution in [2.45, 2.75) is 12.8 Å². The molecule has 0 saturated heterocycles. The Bertz CT molecular complexity index is 383. The first-order chi connectivity index (χ1) is 9.26. The summed E-state index contributed by atoms with van der Waals surface area (Å²) in [7, 11) is 1.61. The third kappa shape index (κ3) is 6.79. The normalized spacial score (nSPS) is 10.2. The van der Waals surface area contributed by atoms with Gasteiger partial charge in [0, 0.05) is 19.7 Å². The lowest BCUT2D eigenvalue weighted by atomic mass is 10.1. The molecule has 0 fully saturated rings. The van der Waals surface area contributed by atoms with E-state index in [2.05, 4.69) is 5.32 Å². The van der Waals surface area contributed by atoms with Crippen LogP contribution in [0.2, 0.25) is 0 Å². The molecule has 0 aliphatic carbocycles. The summed E-state index contributed by atoms with van der Waals surface area (Å²) < 4.78 is 10.3. The van der Waals surface area contributed by atoms with E-state index in [9.17, 15) is 4.79 Å². The molecule has 0 aliphatic heterocycles. The standard InChI is InChI=1S/C14H22N2O3/c1-18-13-5-2-4-12(10-13)11-14(17)16-7-3-8-19-9-6-15/h2,4-5,10H,3,6-9,11,15H2,1H3,(H,16,17). The summed E-state index contributed by atoms with van der Waals surface area (Å²) in [4.78, 5) is 11.7. The molecule has 0 heterocycles. The Morgan fingerprint density at radius 1 is 1.37 bits per heavy atom. The topological polar surface area (TPSA) is 73.6 Å². The molecule has 0 unspecified atom stereocenters. The number of carbonyl (C=O) groups is 1. The molecule has 1 aromatic rings. The highest BCUT2D eigenvalue weighted by molar-refractivity contribution is 5.78. The molecule has 0 radical (unpaired) electrons. The number of nitrogens with one attached hydrogen (secondary N) is 1. The second-order valence-corrected chi connectivity index (χ2v) is 4.13. The maximum atomic E-state index is 11.7. The van der Waals surface area contributed by atoms with Gasteiger partial charge in [0.1, 0.15) is 5.75 Å². The van der Waals surface area contributed by atoms with Crippen LogP contribution in [0.5, 0.6) is 5.75 Å². The number of ether oxygens (including phenoxy) is 2. The Kier molecular flexibility index (Phi) is 7.62. The minimum Gasteiger partial charge on any atom is -0.497 e. The molecule has 5 heteroatoms. The smallest absolute Gasteiger partial charge is 0.224 e. The van der Waals surface area contributed by atoms with Crippen LogP contribution in [0.4, 0.5) is 0 Å². The molecule has 0 spiro atoms. The Labute approximate surface area is 114 Å². The molecular formula is C14H22N2O3. The molecule has 1 aromatic carbocycles. The lowest BCUT2D eigenvalue weighted by Crippen LogP contribution is -2.27. The summed E-state index contributed by atoms with van der Waals surface area (Å²) in [6, 6.07) is 7.51. The molecule has 0 bridgehead atoms. The molecule has 0 atom stereocenters. The predicted octanol–water partition coefficient (Wildman–Crippen LogP) is 0.719. The van der Waals surface area contributed by atoms with Crippen LogP contribution in [0, 0.1) is 0 Å². The summed E-state index contributed by atoms with van der Waals surface area (Å²) in [6.07, 6.45) is 1.16. The van der Waals surface area contributed by atoms with Gasteiger partial charge >= 0.3 is 0 Å². The fourth-order valence-corrected chi connectivity index (χ4v) is 1.62. The van der Waals surface area contributed by atoms with Crippen molar-refractivity contribution >= 4 is 5.91 Å². The maximum Gasteiger partial charge on any atom is 0.224 e. The maximum absolute atomic E-state index is 11.7. The molecule has 1 rings (SSSR count). The molecular weight excluding hydrogens is 244 g/mol. The Morgan fingerprint density at radius 3 is 2.95 bits per heavy atom. The monoisotopic (exact) mass is 266 g/mol. The molecule has 0 aliphatic rings. The number of amides is 1. The third-order valence-electron chi connectivity index (χ3n) is 2.55. The summed E-state index contributed by atoms with van der Waals surface area (Å²) in [6.45, 7) is 2.34. The van der Waals surface area contributed by atoms with Crippen LogP contribution in [0.1, 0.15) is 12.0 Å². The molecule has 0 saturated carbocycles. The van der Waals surface area contributed by atoms with Gasteiger partial charge in [-0.05, 0) is 24.1 Å². The zero-order valence-corrected chi connectivity index (χ0v) is 11.4. The fraction of sp³-hybridized carbons (Fsp3) is 0.500. The van der Waals surface area contributed by atoms with Crippen LogP contribution in [-0.2, 0) is 16.0 Å². The van der Waals surface area contributed by atoms with Gasteiger partial charge in [-0.25, -0.2) is 0 Å². The molecule has 1 amide bonds. The summed E-state index contributed by atoms with van der Waals surface area (Å²) in [5.41, 5.74) is 6.24. The van der Waals surface area contributed by atoms with Gasteiger partial charge in [0.25, 0.3) is 0 Å². The Morgan fingerprint density at radius 2 is 2.21 bits per heavy atom. The van der Waals surface area contributed by atoms with Crippen molar-refractivity contribution in [2.24, 2.45) is 5.73 Å². The summed E-state index contributed by atoms with van der Waals surface area (Å²) in [5.74, 6) is 0.771. The minimum absolute atomic E-state index is 0.00655. The van der Waals surface area contributed by atoms with E-state index in [0.717, 1.165) is 17.7 Å². The largest absolute Gasteiger partial charge is 0.497 e. The van der Waals surface area contributed by atoms with Crippen molar-refractivity contribution in [3.05, 3.63) is 29.8 Å². The van der Waals surface area contributed by atoms with E-state index in [0.29, 0.717) is 32.7 Å². The van der Waals surface area contributed by atoms with Gasteiger partial charge in [0.15, 0.2) is 0 Å². The summed E-state index contributed by atoms with van der Waals surface area (Å²) in [5, 5.41) is 2.85. The second kappa shape index (κ2) is 9.35. The lowest BCUT2D eigenvalue weighted by Gasteiger charge is -2.07. The number of nitrogens with two attached hydrogens (primary N) is 1. The number of carbonyl (C=O) groups excluding carboxylic acids is 1. The van der Waals surface area contributed by atoms with Crippen molar-refractivity contribution in [1.82, 2.24) is 5.32 Å². The van der Waals surface area contributed by atoms with Crippen molar-refractivity contribution in [2.75, 3.05) is 33.4 Å². The number of hydrogen-bond donors (Lipinski definition) is 2. The van der Waals surface area contributed by atoms with Gasteiger partial charge in [-0.1, -0.05) is 12.1 Å². The van der Waals surface area contributed by atoms with E-state index in [1.807, 2.05) is 24.3 Å². The van der Waals surface area contributed by atoms with Crippen LogP contribution < -0.4 is 15.8 Å². The van der Waals surface area contributed by atoms with Crippen molar-refractivity contribution in [3.8, 4) is 5.75 Å². The van der Waals surface area contributed by atoms with Crippen LogP contribution in [0.25, 0.3) is 0 Å². The van der Waals surface area contributed by atoms with Crippen LogP contribution in [0.3, 0.4) is 0 Å². The van der Waals surface area contributed by atoms with E-state index in [1.165, 1.54) is 0 Å². The highest BCUT2D eigenvalue weighted by atomic mass is 16.5. The number of methoxy groups -OCH3 is 1. The van der Waals surface area contributed by atoms with E-state index < -0.39 is 0 Å². The quantitative estimate of drug-likeness (QED) is 0.646. The Balaban J connectivity index is 2.19. The number of hydrogen-bond acceptors (Lipinski definition) is 4. The molecule has 106 valence electrons. The van der Waals surface area contributed by atoms with Gasteiger partial charge < -0.3 is 20.5 Å². The average Bonchev–Trinajstić information content (AvgIpc) is 2.43. The number of benzene rings is 1. The first-order valence-electron chi connectivity index (χ1n) is 6.43. The SMILES string of the molecule is COc1cccc(CC(=O)NCCCOCCN)c1. The van der Waals surface area contributed by atoms with Crippen LogP contribution in [0.15, 0.2) is 24.3 Å². The van der Waals surface area contributed by atoms with Gasteiger partial charge in [-0.2, -0.15) is 0 Å². The van der Waals surface area contributed by atoms with Crippen molar-refractivity contribution in [1.29, 1.82) is 0 Å². The molecule has 19 heavy (non-hydrogen) atoms. The third-order valence-corrected chi connectivity index (χ3v) is 2.55. The van der Waals surface area contributed by atoms with E-state index >= 15 is 0 Å². The minimum atomic E-state index is 0.00655. The molecule has 3 N–H and O–H groups in total. The molecule has 0 aromatic heterocycles. The zero-order chi connectivity index (χ0) is 13.9. The van der Waals surface area contributed by atoms with E-state index in [-0.39, 0.29) is 5.91 Å². The van der Waals surface area contributed by atoms with Crippen molar-refractivity contribution in [3.63, 3.8) is 0 Å². The lowest BCUT2D eigenvalue weighted by molar-refractivity contribution is -0.120. The fourth-order valence-electron chi connectivity index (χ4n) is 1.62. The van der Waals surface area contributed by atoms with E-state index in [4.69, 9.17) is 15.2 Å². The highest BCUT2D eigenvalue weighted by Crippen LogP contribution is 2.12.